The van der Waals surface area contributed by atoms with Crippen molar-refractivity contribution in [3.63, 3.8) is 0 Å². The number of thiazole rings is 1. The summed E-state index contributed by atoms with van der Waals surface area (Å²) in [5.74, 6) is -0.136. The van der Waals surface area contributed by atoms with Gasteiger partial charge in [-0.25, -0.2) is 19.3 Å². The van der Waals surface area contributed by atoms with E-state index >= 15 is 0 Å². The van der Waals surface area contributed by atoms with Crippen LogP contribution in [0, 0.1) is 5.82 Å². The normalized spacial score (nSPS) is 14.7. The largest absolute Gasteiger partial charge is 0.378 e. The lowest BCUT2D eigenvalue weighted by atomic mass is 10.1. The summed E-state index contributed by atoms with van der Waals surface area (Å²) in [6, 6.07) is 8.38. The van der Waals surface area contributed by atoms with Crippen molar-refractivity contribution in [2.75, 3.05) is 36.9 Å². The van der Waals surface area contributed by atoms with E-state index in [1.54, 1.807) is 30.5 Å². The SMILES string of the molecule is Nc1nccc(-c2sc(N3CCOCC3)nc2-c2ccccc2F)n1. The fourth-order valence-corrected chi connectivity index (χ4v) is 3.81. The first-order chi connectivity index (χ1) is 12.2. The predicted octanol–water partition coefficient (Wildman–Crippen LogP) is 2.83. The van der Waals surface area contributed by atoms with E-state index in [9.17, 15) is 4.39 Å². The molecule has 25 heavy (non-hydrogen) atoms. The van der Waals surface area contributed by atoms with Crippen LogP contribution in [-0.4, -0.2) is 41.3 Å². The third-order valence-electron chi connectivity index (χ3n) is 3.93. The lowest BCUT2D eigenvalue weighted by molar-refractivity contribution is 0.122. The number of nitrogens with zero attached hydrogens (tertiary/aromatic N) is 4. The zero-order valence-electron chi connectivity index (χ0n) is 13.4. The Bertz CT molecular complexity index is 894. The maximum atomic E-state index is 14.4. The fourth-order valence-electron chi connectivity index (χ4n) is 2.71. The first-order valence-electron chi connectivity index (χ1n) is 7.89. The van der Waals surface area contributed by atoms with Gasteiger partial charge >= 0.3 is 0 Å². The van der Waals surface area contributed by atoms with Crippen LogP contribution in [0.15, 0.2) is 36.5 Å². The number of benzene rings is 1. The van der Waals surface area contributed by atoms with Crippen LogP contribution < -0.4 is 10.6 Å². The van der Waals surface area contributed by atoms with Gasteiger partial charge in [-0.3, -0.25) is 0 Å². The van der Waals surface area contributed by atoms with E-state index in [0.717, 1.165) is 23.1 Å². The molecule has 0 saturated carbocycles. The van der Waals surface area contributed by atoms with Crippen molar-refractivity contribution >= 4 is 22.4 Å². The third kappa shape index (κ3) is 3.18. The van der Waals surface area contributed by atoms with E-state index in [1.165, 1.54) is 17.4 Å². The van der Waals surface area contributed by atoms with E-state index in [-0.39, 0.29) is 11.8 Å². The average molecular weight is 357 g/mol. The van der Waals surface area contributed by atoms with Crippen molar-refractivity contribution in [3.8, 4) is 21.8 Å². The number of nitrogen functional groups attached to an aromatic ring is 1. The molecule has 3 aromatic rings. The van der Waals surface area contributed by atoms with Crippen LogP contribution in [0.25, 0.3) is 21.8 Å². The van der Waals surface area contributed by atoms with Crippen molar-refractivity contribution in [1.82, 2.24) is 15.0 Å². The molecule has 0 spiro atoms. The Balaban J connectivity index is 1.85. The monoisotopic (exact) mass is 357 g/mol. The van der Waals surface area contributed by atoms with Gasteiger partial charge in [0.15, 0.2) is 5.13 Å². The lowest BCUT2D eigenvalue weighted by Gasteiger charge is -2.26. The van der Waals surface area contributed by atoms with Crippen LogP contribution in [0.2, 0.25) is 0 Å². The van der Waals surface area contributed by atoms with Crippen LogP contribution >= 0.6 is 11.3 Å². The minimum Gasteiger partial charge on any atom is -0.378 e. The molecule has 2 N–H and O–H groups in total. The zero-order chi connectivity index (χ0) is 17.2. The zero-order valence-corrected chi connectivity index (χ0v) is 14.2. The molecule has 128 valence electrons. The molecule has 0 amide bonds. The van der Waals surface area contributed by atoms with Gasteiger partial charge in [-0.2, -0.15) is 0 Å². The molecular weight excluding hydrogens is 341 g/mol. The highest BCUT2D eigenvalue weighted by Crippen LogP contribution is 2.40. The summed E-state index contributed by atoms with van der Waals surface area (Å²) in [6.07, 6.45) is 1.59. The summed E-state index contributed by atoms with van der Waals surface area (Å²) >= 11 is 1.48. The Labute approximate surface area is 148 Å². The van der Waals surface area contributed by atoms with Gasteiger partial charge in [-0.15, -0.1) is 0 Å². The van der Waals surface area contributed by atoms with Gasteiger partial charge in [0, 0.05) is 24.8 Å². The molecule has 1 aliphatic rings. The van der Waals surface area contributed by atoms with Gasteiger partial charge in [0.05, 0.1) is 29.5 Å². The van der Waals surface area contributed by atoms with Gasteiger partial charge in [-0.1, -0.05) is 23.5 Å². The molecule has 1 aliphatic heterocycles. The molecule has 0 unspecified atom stereocenters. The number of hydrogen-bond acceptors (Lipinski definition) is 7. The molecule has 3 heterocycles. The average Bonchev–Trinajstić information content (AvgIpc) is 3.08. The number of aromatic nitrogens is 3. The molecule has 0 bridgehead atoms. The van der Waals surface area contributed by atoms with Crippen molar-refractivity contribution < 1.29 is 9.13 Å². The molecule has 0 radical (unpaired) electrons. The third-order valence-corrected chi connectivity index (χ3v) is 5.07. The molecule has 6 nitrogen and oxygen atoms in total. The maximum absolute atomic E-state index is 14.4. The maximum Gasteiger partial charge on any atom is 0.220 e. The number of nitrogens with two attached hydrogens (primary N) is 1. The molecule has 8 heteroatoms. The van der Waals surface area contributed by atoms with Gasteiger partial charge in [0.25, 0.3) is 0 Å². The van der Waals surface area contributed by atoms with Crippen LogP contribution in [0.5, 0.6) is 0 Å². The number of halogens is 1. The van der Waals surface area contributed by atoms with E-state index in [0.29, 0.717) is 30.2 Å². The van der Waals surface area contributed by atoms with Gasteiger partial charge in [-0.05, 0) is 18.2 Å². The molecule has 4 rings (SSSR count). The first-order valence-corrected chi connectivity index (χ1v) is 8.71. The number of rotatable bonds is 3. The lowest BCUT2D eigenvalue weighted by Crippen LogP contribution is -2.36. The molecular formula is C17H16FN5OS. The van der Waals surface area contributed by atoms with Crippen molar-refractivity contribution in [1.29, 1.82) is 0 Å². The van der Waals surface area contributed by atoms with Crippen molar-refractivity contribution in [2.45, 2.75) is 0 Å². The quantitative estimate of drug-likeness (QED) is 0.777. The molecule has 2 aromatic heterocycles. The first kappa shape index (κ1) is 15.9. The number of ether oxygens (including phenoxy) is 1. The van der Waals surface area contributed by atoms with Crippen LogP contribution in [-0.2, 0) is 4.74 Å². The molecule has 1 fully saturated rings. The second kappa shape index (κ2) is 6.73. The van der Waals surface area contributed by atoms with Crippen LogP contribution in [0.1, 0.15) is 0 Å². The fraction of sp³-hybridized carbons (Fsp3) is 0.235. The summed E-state index contributed by atoms with van der Waals surface area (Å²) in [5.41, 5.74) is 7.39. The van der Waals surface area contributed by atoms with E-state index in [1.807, 2.05) is 0 Å². The summed E-state index contributed by atoms with van der Waals surface area (Å²) in [5, 5.41) is 0.828. The number of anilines is 2. The highest BCUT2D eigenvalue weighted by Gasteiger charge is 2.22. The molecule has 0 aliphatic carbocycles. The standard InChI is InChI=1S/C17H16FN5OS/c18-12-4-2-1-3-11(12)14-15(13-5-6-20-16(19)21-13)25-17(22-14)23-7-9-24-10-8-23/h1-6H,7-10H2,(H2,19,20,21). The topological polar surface area (TPSA) is 77.2 Å². The molecule has 1 aromatic carbocycles. The van der Waals surface area contributed by atoms with Crippen molar-refractivity contribution in [2.24, 2.45) is 0 Å². The second-order valence-electron chi connectivity index (χ2n) is 5.55. The van der Waals surface area contributed by atoms with Gasteiger partial charge in [0.1, 0.15) is 5.82 Å². The van der Waals surface area contributed by atoms with Gasteiger partial charge in [0.2, 0.25) is 5.95 Å². The number of hydrogen-bond donors (Lipinski definition) is 1. The summed E-state index contributed by atoms with van der Waals surface area (Å²) < 4.78 is 19.8. The highest BCUT2D eigenvalue weighted by molar-refractivity contribution is 7.19. The Kier molecular flexibility index (Phi) is 4.29. The minimum absolute atomic E-state index is 0.179. The Morgan fingerprint density at radius 2 is 1.92 bits per heavy atom. The summed E-state index contributed by atoms with van der Waals surface area (Å²) in [7, 11) is 0. The van der Waals surface area contributed by atoms with Crippen LogP contribution in [0.4, 0.5) is 15.5 Å². The summed E-state index contributed by atoms with van der Waals surface area (Å²) in [4.78, 5) is 15.9. The highest BCUT2D eigenvalue weighted by atomic mass is 32.1. The van der Waals surface area contributed by atoms with E-state index in [4.69, 9.17) is 15.5 Å². The molecule has 0 atom stereocenters. The Morgan fingerprint density at radius 1 is 1.12 bits per heavy atom. The Hall–Kier alpha value is -2.58. The van der Waals surface area contributed by atoms with E-state index < -0.39 is 0 Å². The molecule has 1 saturated heterocycles. The number of morpholine rings is 1. The second-order valence-corrected chi connectivity index (χ2v) is 6.53. The predicted molar refractivity (Wildman–Crippen MR) is 96.0 cm³/mol. The minimum atomic E-state index is -0.315. The van der Waals surface area contributed by atoms with Crippen LogP contribution in [0.3, 0.4) is 0 Å². The summed E-state index contributed by atoms with van der Waals surface area (Å²) in [6.45, 7) is 2.83. The Morgan fingerprint density at radius 3 is 2.68 bits per heavy atom. The smallest absolute Gasteiger partial charge is 0.220 e. The van der Waals surface area contributed by atoms with E-state index in [2.05, 4.69) is 14.9 Å². The van der Waals surface area contributed by atoms with Gasteiger partial charge < -0.3 is 15.4 Å². The van der Waals surface area contributed by atoms with Crippen molar-refractivity contribution in [3.05, 3.63) is 42.3 Å².